The lowest BCUT2D eigenvalue weighted by atomic mass is 10.0. The molecule has 1 saturated carbocycles. The summed E-state index contributed by atoms with van der Waals surface area (Å²) in [6, 6.07) is 0. The molecule has 0 saturated heterocycles. The van der Waals surface area contributed by atoms with Crippen molar-refractivity contribution in [2.24, 2.45) is 5.92 Å². The Morgan fingerprint density at radius 3 is 1.75 bits per heavy atom. The average Bonchev–Trinajstić information content (AvgIpc) is 3.20. The van der Waals surface area contributed by atoms with Crippen molar-refractivity contribution in [3.05, 3.63) is 46.6 Å². The number of esters is 1. The lowest BCUT2D eigenvalue weighted by Gasteiger charge is -2.14. The molecule has 2 nitrogen and oxygen atoms in total. The lowest BCUT2D eigenvalue weighted by molar-refractivity contribution is -0.149. The summed E-state index contributed by atoms with van der Waals surface area (Å²) in [7, 11) is 0. The molecular formula is C30H50O2. The third-order valence-corrected chi connectivity index (χ3v) is 6.48. The predicted molar refractivity (Wildman–Crippen MR) is 140 cm³/mol. The Labute approximate surface area is 199 Å². The van der Waals surface area contributed by atoms with Crippen LogP contribution in [0.2, 0.25) is 0 Å². The van der Waals surface area contributed by atoms with Gasteiger partial charge in [0.2, 0.25) is 0 Å². The molecule has 0 aromatic carbocycles. The number of carbonyl (C=O) groups is 1. The second kappa shape index (κ2) is 17.0. The number of hydrogen-bond donors (Lipinski definition) is 0. The second-order valence-corrected chi connectivity index (χ2v) is 10.3. The van der Waals surface area contributed by atoms with Gasteiger partial charge in [0.15, 0.2) is 0 Å². The first-order valence-electron chi connectivity index (χ1n) is 13.1. The van der Waals surface area contributed by atoms with Gasteiger partial charge in [-0.05, 0) is 112 Å². The summed E-state index contributed by atoms with van der Waals surface area (Å²) in [6.07, 6.45) is 23.8. The third-order valence-electron chi connectivity index (χ3n) is 6.48. The van der Waals surface area contributed by atoms with Crippen LogP contribution in [0.15, 0.2) is 46.6 Å². The van der Waals surface area contributed by atoms with Gasteiger partial charge < -0.3 is 4.74 Å². The molecule has 182 valence electrons. The highest BCUT2D eigenvalue weighted by Gasteiger charge is 2.20. The molecule has 0 spiro atoms. The van der Waals surface area contributed by atoms with Crippen molar-refractivity contribution in [1.82, 2.24) is 0 Å². The van der Waals surface area contributed by atoms with Crippen molar-refractivity contribution >= 4 is 5.97 Å². The maximum atomic E-state index is 12.0. The van der Waals surface area contributed by atoms with E-state index in [0.717, 1.165) is 44.9 Å². The van der Waals surface area contributed by atoms with Crippen LogP contribution in [0.1, 0.15) is 125 Å². The Morgan fingerprint density at radius 2 is 1.25 bits per heavy atom. The van der Waals surface area contributed by atoms with Crippen molar-refractivity contribution in [3.8, 4) is 0 Å². The zero-order valence-electron chi connectivity index (χ0n) is 22.0. The molecule has 1 unspecified atom stereocenters. The van der Waals surface area contributed by atoms with E-state index in [4.69, 9.17) is 4.74 Å². The fourth-order valence-electron chi connectivity index (χ4n) is 4.33. The fraction of sp³-hybridized carbons (Fsp3) is 0.700. The maximum absolute atomic E-state index is 12.0. The molecule has 0 aromatic heterocycles. The van der Waals surface area contributed by atoms with E-state index in [0.29, 0.717) is 12.3 Å². The highest BCUT2D eigenvalue weighted by Crippen LogP contribution is 2.28. The molecule has 1 aliphatic carbocycles. The molecule has 0 N–H and O–H groups in total. The van der Waals surface area contributed by atoms with E-state index in [1.165, 1.54) is 54.4 Å². The zero-order valence-corrected chi connectivity index (χ0v) is 22.0. The van der Waals surface area contributed by atoms with Gasteiger partial charge in [-0.25, -0.2) is 0 Å². The van der Waals surface area contributed by atoms with Crippen LogP contribution in [0.5, 0.6) is 0 Å². The summed E-state index contributed by atoms with van der Waals surface area (Å²) in [6.45, 7) is 13.1. The van der Waals surface area contributed by atoms with Crippen molar-refractivity contribution < 1.29 is 9.53 Å². The molecule has 32 heavy (non-hydrogen) atoms. The zero-order chi connectivity index (χ0) is 23.8. The molecule has 0 radical (unpaired) electrons. The SMILES string of the molecule is CC(C)=CCC/C(C)=C/CC/C(C)=C/CC/C(C)=C/CCC(C)OC(=O)CC1CCCC1. The van der Waals surface area contributed by atoms with E-state index in [1.54, 1.807) is 0 Å². The van der Waals surface area contributed by atoms with Crippen molar-refractivity contribution in [2.75, 3.05) is 0 Å². The second-order valence-electron chi connectivity index (χ2n) is 10.3. The highest BCUT2D eigenvalue weighted by molar-refractivity contribution is 5.69. The van der Waals surface area contributed by atoms with E-state index >= 15 is 0 Å². The summed E-state index contributed by atoms with van der Waals surface area (Å²) < 4.78 is 5.61. The number of rotatable bonds is 15. The van der Waals surface area contributed by atoms with Crippen LogP contribution < -0.4 is 0 Å². The molecule has 0 bridgehead atoms. The Hall–Kier alpha value is -1.57. The average molecular weight is 443 g/mol. The van der Waals surface area contributed by atoms with E-state index in [2.05, 4.69) is 58.9 Å². The molecule has 0 amide bonds. The molecule has 0 aliphatic heterocycles. The van der Waals surface area contributed by atoms with Gasteiger partial charge in [0.1, 0.15) is 0 Å². The minimum Gasteiger partial charge on any atom is -0.463 e. The minimum atomic E-state index is 0.00338. The van der Waals surface area contributed by atoms with Crippen LogP contribution in [-0.4, -0.2) is 12.1 Å². The van der Waals surface area contributed by atoms with E-state index in [-0.39, 0.29) is 12.1 Å². The number of carbonyl (C=O) groups excluding carboxylic acids is 1. The number of allylic oxidation sites excluding steroid dienone is 8. The molecule has 1 rings (SSSR count). The molecule has 0 heterocycles. The van der Waals surface area contributed by atoms with Crippen LogP contribution >= 0.6 is 0 Å². The predicted octanol–water partition coefficient (Wildman–Crippen LogP) is 9.42. The molecule has 1 fully saturated rings. The maximum Gasteiger partial charge on any atom is 0.306 e. The Balaban J connectivity index is 2.16. The monoisotopic (exact) mass is 442 g/mol. The van der Waals surface area contributed by atoms with Crippen LogP contribution in [0.25, 0.3) is 0 Å². The normalized spacial score (nSPS) is 16.9. The summed E-state index contributed by atoms with van der Waals surface area (Å²) in [4.78, 5) is 12.0. The van der Waals surface area contributed by atoms with Gasteiger partial charge in [0.05, 0.1) is 6.10 Å². The van der Waals surface area contributed by atoms with Gasteiger partial charge in [-0.15, -0.1) is 0 Å². The van der Waals surface area contributed by atoms with Crippen molar-refractivity contribution in [3.63, 3.8) is 0 Å². The van der Waals surface area contributed by atoms with Crippen LogP contribution in [0.4, 0.5) is 0 Å². The fourth-order valence-corrected chi connectivity index (χ4v) is 4.33. The Bertz CT molecular complexity index is 652. The van der Waals surface area contributed by atoms with Crippen molar-refractivity contribution in [2.45, 2.75) is 131 Å². The largest absolute Gasteiger partial charge is 0.463 e. The summed E-state index contributed by atoms with van der Waals surface area (Å²) in [5.74, 6) is 0.574. The third kappa shape index (κ3) is 15.3. The van der Waals surface area contributed by atoms with Gasteiger partial charge in [-0.2, -0.15) is 0 Å². The first kappa shape index (κ1) is 28.5. The molecule has 1 atom stereocenters. The summed E-state index contributed by atoms with van der Waals surface area (Å²) in [5, 5.41) is 0. The van der Waals surface area contributed by atoms with E-state index < -0.39 is 0 Å². The molecular weight excluding hydrogens is 392 g/mol. The summed E-state index contributed by atoms with van der Waals surface area (Å²) in [5.41, 5.74) is 5.85. The lowest BCUT2D eigenvalue weighted by Crippen LogP contribution is -2.16. The van der Waals surface area contributed by atoms with Gasteiger partial charge in [0, 0.05) is 6.42 Å². The van der Waals surface area contributed by atoms with Gasteiger partial charge in [-0.1, -0.05) is 59.4 Å². The van der Waals surface area contributed by atoms with Gasteiger partial charge in [-0.3, -0.25) is 4.79 Å². The van der Waals surface area contributed by atoms with Gasteiger partial charge >= 0.3 is 5.97 Å². The quantitative estimate of drug-likeness (QED) is 0.186. The molecule has 2 heteroatoms. The van der Waals surface area contributed by atoms with E-state index in [1.807, 2.05) is 6.92 Å². The van der Waals surface area contributed by atoms with Gasteiger partial charge in [0.25, 0.3) is 0 Å². The molecule has 1 aliphatic rings. The summed E-state index contributed by atoms with van der Waals surface area (Å²) >= 11 is 0. The standard InChI is InChI=1S/C30H50O2/c1-24(2)13-9-14-25(3)15-10-16-26(4)17-11-18-27(5)19-12-20-28(6)32-30(31)23-29-21-7-8-22-29/h13,15,17,19,28-29H,7-12,14,16,18,20-23H2,1-6H3/b25-15+,26-17+,27-19+. The first-order chi connectivity index (χ1) is 15.3. The molecule has 0 aromatic rings. The van der Waals surface area contributed by atoms with Crippen LogP contribution in [-0.2, 0) is 9.53 Å². The van der Waals surface area contributed by atoms with Crippen LogP contribution in [0, 0.1) is 5.92 Å². The Kier molecular flexibility index (Phi) is 15.1. The van der Waals surface area contributed by atoms with E-state index in [9.17, 15) is 4.79 Å². The highest BCUT2D eigenvalue weighted by atomic mass is 16.5. The Morgan fingerprint density at radius 1 is 0.781 bits per heavy atom. The minimum absolute atomic E-state index is 0.00338. The van der Waals surface area contributed by atoms with Crippen molar-refractivity contribution in [1.29, 1.82) is 0 Å². The van der Waals surface area contributed by atoms with Crippen LogP contribution in [0.3, 0.4) is 0 Å². The first-order valence-corrected chi connectivity index (χ1v) is 13.1. The smallest absolute Gasteiger partial charge is 0.306 e. The number of hydrogen-bond acceptors (Lipinski definition) is 2. The topological polar surface area (TPSA) is 26.3 Å². The number of ether oxygens (including phenoxy) is 1.